The van der Waals surface area contributed by atoms with Gasteiger partial charge in [0.05, 0.1) is 11.3 Å². The summed E-state index contributed by atoms with van der Waals surface area (Å²) in [5.41, 5.74) is 4.44. The number of aryl methyl sites for hydroxylation is 1. The summed E-state index contributed by atoms with van der Waals surface area (Å²) in [6, 6.07) is 20.5. The zero-order valence-electron chi connectivity index (χ0n) is 13.9. The zero-order valence-corrected chi connectivity index (χ0v) is 13.9. The molecular weight excluding hydrogens is 310 g/mol. The van der Waals surface area contributed by atoms with Crippen molar-refractivity contribution in [3.05, 3.63) is 94.5 Å². The molecule has 25 heavy (non-hydrogen) atoms. The fourth-order valence-corrected chi connectivity index (χ4v) is 3.37. The monoisotopic (exact) mass is 327 g/mol. The Morgan fingerprint density at radius 3 is 1.96 bits per heavy atom. The van der Waals surface area contributed by atoms with Gasteiger partial charge < -0.3 is 5.32 Å². The maximum atomic E-state index is 13.1. The smallest absolute Gasteiger partial charge is 0.196 e. The van der Waals surface area contributed by atoms with E-state index >= 15 is 0 Å². The molecule has 0 aliphatic heterocycles. The van der Waals surface area contributed by atoms with Crippen molar-refractivity contribution in [3.8, 4) is 0 Å². The van der Waals surface area contributed by atoms with E-state index in [1.54, 1.807) is 24.3 Å². The molecule has 0 heterocycles. The molecule has 3 aromatic carbocycles. The van der Waals surface area contributed by atoms with E-state index < -0.39 is 0 Å². The van der Waals surface area contributed by atoms with Crippen LogP contribution in [0.15, 0.2) is 66.7 Å². The summed E-state index contributed by atoms with van der Waals surface area (Å²) in [6.45, 7) is 2.00. The molecule has 0 radical (unpaired) electrons. The van der Waals surface area contributed by atoms with E-state index in [9.17, 15) is 9.59 Å². The van der Waals surface area contributed by atoms with Crippen molar-refractivity contribution in [2.45, 2.75) is 13.3 Å². The van der Waals surface area contributed by atoms with Gasteiger partial charge in [-0.1, -0.05) is 55.5 Å². The van der Waals surface area contributed by atoms with Crippen LogP contribution in [0.4, 0.5) is 11.4 Å². The molecular formula is C22H17NO2. The summed E-state index contributed by atoms with van der Waals surface area (Å²) in [5.74, 6) is -0.169. The SMILES string of the molecule is CCc1ccc(Nc2ccccc2)c2c1C(=O)c1ccccc1C2=O. The number of ketones is 2. The molecule has 0 saturated heterocycles. The van der Waals surface area contributed by atoms with Crippen LogP contribution >= 0.6 is 0 Å². The van der Waals surface area contributed by atoms with Gasteiger partial charge in [0.25, 0.3) is 0 Å². The summed E-state index contributed by atoms with van der Waals surface area (Å²) in [7, 11) is 0. The molecule has 0 bridgehead atoms. The average molecular weight is 327 g/mol. The lowest BCUT2D eigenvalue weighted by Gasteiger charge is -2.23. The number of benzene rings is 3. The highest BCUT2D eigenvalue weighted by Crippen LogP contribution is 2.35. The van der Waals surface area contributed by atoms with Crippen LogP contribution in [0.3, 0.4) is 0 Å². The third-order valence-electron chi connectivity index (χ3n) is 4.60. The first-order valence-electron chi connectivity index (χ1n) is 8.37. The van der Waals surface area contributed by atoms with Crippen LogP contribution in [-0.2, 0) is 6.42 Å². The number of anilines is 2. The van der Waals surface area contributed by atoms with E-state index in [0.717, 1.165) is 11.3 Å². The van der Waals surface area contributed by atoms with Crippen molar-refractivity contribution in [1.29, 1.82) is 0 Å². The average Bonchev–Trinajstić information content (AvgIpc) is 2.66. The lowest BCUT2D eigenvalue weighted by Crippen LogP contribution is -2.23. The number of fused-ring (bicyclic) bond motifs is 2. The van der Waals surface area contributed by atoms with Crippen LogP contribution in [-0.4, -0.2) is 11.6 Å². The Hall–Kier alpha value is -3.20. The van der Waals surface area contributed by atoms with Crippen LogP contribution in [0.25, 0.3) is 0 Å². The molecule has 1 N–H and O–H groups in total. The molecule has 0 spiro atoms. The van der Waals surface area contributed by atoms with Gasteiger partial charge in [0, 0.05) is 22.4 Å². The molecule has 0 aromatic heterocycles. The molecule has 0 unspecified atom stereocenters. The quantitative estimate of drug-likeness (QED) is 0.589. The third kappa shape index (κ3) is 2.45. The lowest BCUT2D eigenvalue weighted by molar-refractivity contribution is 0.0979. The second-order valence-electron chi connectivity index (χ2n) is 6.07. The summed E-state index contributed by atoms with van der Waals surface area (Å²) >= 11 is 0. The van der Waals surface area contributed by atoms with Crippen LogP contribution < -0.4 is 5.32 Å². The standard InChI is InChI=1S/C22H17NO2/c1-2-14-12-13-18(23-15-8-4-3-5-9-15)20-19(14)21(24)16-10-6-7-11-17(16)22(20)25/h3-13,23H,2H2,1H3. The third-order valence-corrected chi connectivity index (χ3v) is 4.60. The number of hydrogen-bond acceptors (Lipinski definition) is 3. The Morgan fingerprint density at radius 2 is 1.32 bits per heavy atom. The first-order valence-corrected chi connectivity index (χ1v) is 8.37. The van der Waals surface area contributed by atoms with E-state index in [1.807, 2.05) is 49.4 Å². The largest absolute Gasteiger partial charge is 0.355 e. The number of carbonyl (C=O) groups is 2. The van der Waals surface area contributed by atoms with Crippen LogP contribution in [0.5, 0.6) is 0 Å². The van der Waals surface area contributed by atoms with Crippen molar-refractivity contribution in [3.63, 3.8) is 0 Å². The Labute approximate surface area is 146 Å². The predicted molar refractivity (Wildman–Crippen MR) is 98.9 cm³/mol. The molecule has 3 nitrogen and oxygen atoms in total. The minimum absolute atomic E-state index is 0.0706. The van der Waals surface area contributed by atoms with Crippen LogP contribution in [0.1, 0.15) is 44.3 Å². The van der Waals surface area contributed by atoms with Gasteiger partial charge in [-0.3, -0.25) is 9.59 Å². The molecule has 0 fully saturated rings. The normalized spacial score (nSPS) is 12.5. The van der Waals surface area contributed by atoms with Crippen LogP contribution in [0, 0.1) is 0 Å². The summed E-state index contributed by atoms with van der Waals surface area (Å²) in [5, 5.41) is 3.29. The molecule has 3 heteroatoms. The molecule has 122 valence electrons. The maximum Gasteiger partial charge on any atom is 0.196 e. The molecule has 1 aliphatic rings. The Balaban J connectivity index is 1.93. The fourth-order valence-electron chi connectivity index (χ4n) is 3.37. The van der Waals surface area contributed by atoms with Gasteiger partial charge in [-0.15, -0.1) is 0 Å². The maximum absolute atomic E-state index is 13.1. The molecule has 0 saturated carbocycles. The summed E-state index contributed by atoms with van der Waals surface area (Å²) < 4.78 is 0. The molecule has 3 aromatic rings. The second kappa shape index (κ2) is 6.02. The highest BCUT2D eigenvalue weighted by molar-refractivity contribution is 6.30. The van der Waals surface area contributed by atoms with Gasteiger partial charge in [-0.25, -0.2) is 0 Å². The molecule has 4 rings (SSSR count). The summed E-state index contributed by atoms with van der Waals surface area (Å²) in [4.78, 5) is 26.2. The highest BCUT2D eigenvalue weighted by Gasteiger charge is 2.33. The van der Waals surface area contributed by atoms with Crippen molar-refractivity contribution in [1.82, 2.24) is 0 Å². The van der Waals surface area contributed by atoms with E-state index in [2.05, 4.69) is 5.32 Å². The van der Waals surface area contributed by atoms with Gasteiger partial charge in [0.2, 0.25) is 0 Å². The van der Waals surface area contributed by atoms with Crippen molar-refractivity contribution < 1.29 is 9.59 Å². The Morgan fingerprint density at radius 1 is 0.720 bits per heavy atom. The van der Waals surface area contributed by atoms with Gasteiger partial charge in [-0.05, 0) is 30.2 Å². The Bertz CT molecular complexity index is 990. The zero-order chi connectivity index (χ0) is 17.4. The number of nitrogens with one attached hydrogen (secondary N) is 1. The summed E-state index contributed by atoms with van der Waals surface area (Å²) in [6.07, 6.45) is 0.704. The topological polar surface area (TPSA) is 46.2 Å². The van der Waals surface area contributed by atoms with E-state index in [-0.39, 0.29) is 11.6 Å². The van der Waals surface area contributed by atoms with Gasteiger partial charge in [0.1, 0.15) is 0 Å². The lowest BCUT2D eigenvalue weighted by atomic mass is 9.80. The number of carbonyl (C=O) groups excluding carboxylic acids is 2. The minimum Gasteiger partial charge on any atom is -0.355 e. The highest BCUT2D eigenvalue weighted by atomic mass is 16.1. The first kappa shape index (κ1) is 15.3. The van der Waals surface area contributed by atoms with E-state index in [1.165, 1.54) is 0 Å². The van der Waals surface area contributed by atoms with E-state index in [4.69, 9.17) is 0 Å². The molecule has 0 atom stereocenters. The number of hydrogen-bond donors (Lipinski definition) is 1. The van der Waals surface area contributed by atoms with Gasteiger partial charge >= 0.3 is 0 Å². The molecule has 0 amide bonds. The van der Waals surface area contributed by atoms with Crippen molar-refractivity contribution in [2.75, 3.05) is 5.32 Å². The number of para-hydroxylation sites is 1. The van der Waals surface area contributed by atoms with Gasteiger partial charge in [0.15, 0.2) is 11.6 Å². The first-order chi connectivity index (χ1) is 12.2. The van der Waals surface area contributed by atoms with E-state index in [0.29, 0.717) is 34.4 Å². The molecule has 1 aliphatic carbocycles. The Kier molecular flexibility index (Phi) is 3.69. The fraction of sp³-hybridized carbons (Fsp3) is 0.0909. The van der Waals surface area contributed by atoms with Crippen molar-refractivity contribution >= 4 is 22.9 Å². The number of rotatable bonds is 3. The van der Waals surface area contributed by atoms with Gasteiger partial charge in [-0.2, -0.15) is 0 Å². The second-order valence-corrected chi connectivity index (χ2v) is 6.07. The van der Waals surface area contributed by atoms with Crippen LogP contribution in [0.2, 0.25) is 0 Å². The minimum atomic E-state index is -0.0982. The van der Waals surface area contributed by atoms with Crippen molar-refractivity contribution in [2.24, 2.45) is 0 Å². The predicted octanol–water partition coefficient (Wildman–Crippen LogP) is 4.77.